The van der Waals surface area contributed by atoms with E-state index in [2.05, 4.69) is 15.5 Å². The number of carboxylic acid groups (broad SMARTS) is 1. The topological polar surface area (TPSA) is 90.1 Å². The second kappa shape index (κ2) is 5.20. The molecule has 0 aliphatic carbocycles. The van der Waals surface area contributed by atoms with Gasteiger partial charge in [0.25, 0.3) is 0 Å². The molecule has 0 saturated carbocycles. The highest BCUT2D eigenvalue weighted by atomic mass is 16.5. The van der Waals surface area contributed by atoms with Crippen LogP contribution in [-0.2, 0) is 11.3 Å². The van der Waals surface area contributed by atoms with Gasteiger partial charge in [0.15, 0.2) is 5.82 Å². The van der Waals surface area contributed by atoms with E-state index in [1.54, 1.807) is 7.11 Å². The number of tetrazole rings is 1. The van der Waals surface area contributed by atoms with E-state index in [0.717, 1.165) is 22.1 Å². The maximum Gasteiger partial charge on any atom is 0.325 e. The van der Waals surface area contributed by atoms with E-state index in [4.69, 9.17) is 9.84 Å². The van der Waals surface area contributed by atoms with Gasteiger partial charge in [0, 0.05) is 5.56 Å². The fourth-order valence-electron chi connectivity index (χ4n) is 2.14. The third-order valence-electron chi connectivity index (χ3n) is 3.12. The number of aromatic nitrogens is 4. The monoisotopic (exact) mass is 284 g/mol. The molecule has 0 bridgehead atoms. The predicted molar refractivity (Wildman–Crippen MR) is 74.9 cm³/mol. The number of benzene rings is 2. The number of hydrogen-bond donors (Lipinski definition) is 1. The lowest BCUT2D eigenvalue weighted by Crippen LogP contribution is -2.11. The summed E-state index contributed by atoms with van der Waals surface area (Å²) in [5, 5.41) is 22.0. The zero-order valence-electron chi connectivity index (χ0n) is 11.2. The maximum absolute atomic E-state index is 10.8. The average molecular weight is 284 g/mol. The molecule has 106 valence electrons. The van der Waals surface area contributed by atoms with Crippen molar-refractivity contribution in [3.05, 3.63) is 36.4 Å². The molecule has 3 aromatic rings. The minimum absolute atomic E-state index is 0.275. The van der Waals surface area contributed by atoms with Gasteiger partial charge in [-0.25, -0.2) is 4.68 Å². The second-order valence-electron chi connectivity index (χ2n) is 4.48. The molecule has 0 aliphatic heterocycles. The Kier molecular flexibility index (Phi) is 3.23. The van der Waals surface area contributed by atoms with Crippen LogP contribution in [0.5, 0.6) is 5.75 Å². The van der Waals surface area contributed by atoms with E-state index in [9.17, 15) is 4.79 Å². The van der Waals surface area contributed by atoms with Gasteiger partial charge >= 0.3 is 5.97 Å². The van der Waals surface area contributed by atoms with Crippen molar-refractivity contribution in [3.8, 4) is 17.1 Å². The molecule has 0 spiro atoms. The first kappa shape index (κ1) is 13.0. The van der Waals surface area contributed by atoms with E-state index < -0.39 is 5.97 Å². The highest BCUT2D eigenvalue weighted by Gasteiger charge is 2.12. The number of hydrogen-bond acceptors (Lipinski definition) is 5. The third-order valence-corrected chi connectivity index (χ3v) is 3.12. The van der Waals surface area contributed by atoms with Gasteiger partial charge < -0.3 is 9.84 Å². The van der Waals surface area contributed by atoms with Crippen molar-refractivity contribution in [2.75, 3.05) is 7.11 Å². The normalized spacial score (nSPS) is 10.7. The van der Waals surface area contributed by atoms with Crippen LogP contribution >= 0.6 is 0 Å². The van der Waals surface area contributed by atoms with E-state index >= 15 is 0 Å². The molecule has 7 heteroatoms. The molecule has 0 fully saturated rings. The van der Waals surface area contributed by atoms with E-state index in [1.165, 1.54) is 4.68 Å². The Bertz CT molecular complexity index is 813. The molecule has 0 radical (unpaired) electrons. The zero-order valence-corrected chi connectivity index (χ0v) is 11.2. The number of methoxy groups -OCH3 is 1. The molecule has 2 aromatic carbocycles. The van der Waals surface area contributed by atoms with Crippen LogP contribution in [0.25, 0.3) is 22.2 Å². The van der Waals surface area contributed by atoms with Crippen LogP contribution in [0.15, 0.2) is 36.4 Å². The molecule has 7 nitrogen and oxygen atoms in total. The lowest BCUT2D eigenvalue weighted by Gasteiger charge is -2.05. The second-order valence-corrected chi connectivity index (χ2v) is 4.48. The van der Waals surface area contributed by atoms with Crippen LogP contribution in [0.2, 0.25) is 0 Å². The number of aliphatic carboxylic acids is 1. The Morgan fingerprint density at radius 3 is 2.76 bits per heavy atom. The Balaban J connectivity index is 2.05. The van der Waals surface area contributed by atoms with E-state index in [0.29, 0.717) is 5.82 Å². The molecule has 0 aliphatic rings. The molecular formula is C14H12N4O3. The summed E-state index contributed by atoms with van der Waals surface area (Å²) in [5.41, 5.74) is 0.763. The lowest BCUT2D eigenvalue weighted by molar-refractivity contribution is -0.137. The SMILES string of the molecule is COc1ccc2cc(-c3nnnn3CC(=O)O)ccc2c1. The largest absolute Gasteiger partial charge is 0.497 e. The first-order valence-corrected chi connectivity index (χ1v) is 6.23. The number of fused-ring (bicyclic) bond motifs is 1. The average Bonchev–Trinajstić information content (AvgIpc) is 2.93. The molecular weight excluding hydrogens is 272 g/mol. The highest BCUT2D eigenvalue weighted by Crippen LogP contribution is 2.25. The van der Waals surface area contributed by atoms with Crippen LogP contribution in [0.1, 0.15) is 0 Å². The Morgan fingerprint density at radius 1 is 1.24 bits per heavy atom. The van der Waals surface area contributed by atoms with Crippen molar-refractivity contribution in [1.82, 2.24) is 20.2 Å². The Morgan fingerprint density at radius 2 is 2.00 bits per heavy atom. The summed E-state index contributed by atoms with van der Waals surface area (Å²) < 4.78 is 6.44. The van der Waals surface area contributed by atoms with Crippen LogP contribution in [0, 0.1) is 0 Å². The Labute approximate surface area is 119 Å². The summed E-state index contributed by atoms with van der Waals surface area (Å²) in [6.07, 6.45) is 0. The van der Waals surface area contributed by atoms with Crippen LogP contribution in [-0.4, -0.2) is 38.4 Å². The first-order chi connectivity index (χ1) is 10.2. The van der Waals surface area contributed by atoms with Gasteiger partial charge in [0.05, 0.1) is 7.11 Å². The summed E-state index contributed by atoms with van der Waals surface area (Å²) in [4.78, 5) is 10.8. The highest BCUT2D eigenvalue weighted by molar-refractivity contribution is 5.87. The molecule has 21 heavy (non-hydrogen) atoms. The van der Waals surface area contributed by atoms with Crippen molar-refractivity contribution in [1.29, 1.82) is 0 Å². The minimum atomic E-state index is -0.992. The van der Waals surface area contributed by atoms with Crippen molar-refractivity contribution in [3.63, 3.8) is 0 Å². The van der Waals surface area contributed by atoms with Gasteiger partial charge in [0.2, 0.25) is 0 Å². The number of carbonyl (C=O) groups is 1. The fourth-order valence-corrected chi connectivity index (χ4v) is 2.14. The first-order valence-electron chi connectivity index (χ1n) is 6.23. The van der Waals surface area contributed by atoms with Gasteiger partial charge in [-0.15, -0.1) is 5.10 Å². The number of nitrogens with zero attached hydrogens (tertiary/aromatic N) is 4. The van der Waals surface area contributed by atoms with Crippen molar-refractivity contribution in [2.45, 2.75) is 6.54 Å². The molecule has 0 amide bonds. The summed E-state index contributed by atoms with van der Waals surface area (Å²) in [6.45, 7) is -0.275. The smallest absolute Gasteiger partial charge is 0.325 e. The summed E-state index contributed by atoms with van der Waals surface area (Å²) in [5.74, 6) is 0.218. The lowest BCUT2D eigenvalue weighted by atomic mass is 10.1. The van der Waals surface area contributed by atoms with Crippen LogP contribution in [0.3, 0.4) is 0 Å². The predicted octanol–water partition coefficient (Wildman–Crippen LogP) is 1.59. The Hall–Kier alpha value is -2.96. The molecule has 1 heterocycles. The van der Waals surface area contributed by atoms with E-state index in [1.807, 2.05) is 36.4 Å². The molecule has 3 rings (SSSR count). The van der Waals surface area contributed by atoms with Crippen LogP contribution < -0.4 is 4.74 Å². The number of ether oxygens (including phenoxy) is 1. The summed E-state index contributed by atoms with van der Waals surface area (Å²) in [7, 11) is 1.62. The van der Waals surface area contributed by atoms with Crippen molar-refractivity contribution >= 4 is 16.7 Å². The summed E-state index contributed by atoms with van der Waals surface area (Å²) in [6, 6.07) is 11.4. The van der Waals surface area contributed by atoms with E-state index in [-0.39, 0.29) is 6.54 Å². The molecule has 0 unspecified atom stereocenters. The number of rotatable bonds is 4. The third kappa shape index (κ3) is 2.53. The summed E-state index contributed by atoms with van der Waals surface area (Å²) >= 11 is 0. The standard InChI is InChI=1S/C14H12N4O3/c1-21-12-5-4-9-6-11(3-2-10(9)7-12)14-15-16-17-18(14)8-13(19)20/h2-7H,8H2,1H3,(H,19,20). The van der Waals surface area contributed by atoms with Crippen molar-refractivity contribution in [2.24, 2.45) is 0 Å². The zero-order chi connectivity index (χ0) is 14.8. The fraction of sp³-hybridized carbons (Fsp3) is 0.143. The molecule has 1 aromatic heterocycles. The van der Waals surface area contributed by atoms with Gasteiger partial charge in [-0.3, -0.25) is 4.79 Å². The number of carboxylic acids is 1. The maximum atomic E-state index is 10.8. The molecule has 0 atom stereocenters. The quantitative estimate of drug-likeness (QED) is 0.782. The minimum Gasteiger partial charge on any atom is -0.497 e. The van der Waals surface area contributed by atoms with Gasteiger partial charge in [-0.2, -0.15) is 0 Å². The van der Waals surface area contributed by atoms with Gasteiger partial charge in [-0.1, -0.05) is 18.2 Å². The van der Waals surface area contributed by atoms with Crippen molar-refractivity contribution < 1.29 is 14.6 Å². The molecule has 1 N–H and O–H groups in total. The van der Waals surface area contributed by atoms with Gasteiger partial charge in [-0.05, 0) is 39.4 Å². The van der Waals surface area contributed by atoms with Crippen LogP contribution in [0.4, 0.5) is 0 Å². The van der Waals surface area contributed by atoms with Gasteiger partial charge in [0.1, 0.15) is 12.3 Å². The molecule has 0 saturated heterocycles.